The highest BCUT2D eigenvalue weighted by Crippen LogP contribution is 2.12. The molecule has 0 aliphatic heterocycles. The second kappa shape index (κ2) is 5.68. The summed E-state index contributed by atoms with van der Waals surface area (Å²) in [7, 11) is 0. The topological polar surface area (TPSA) is 89.5 Å². The molecule has 0 radical (unpaired) electrons. The fraction of sp³-hybridized carbons (Fsp3) is 0.250. The molecule has 0 fully saturated rings. The summed E-state index contributed by atoms with van der Waals surface area (Å²) in [6, 6.07) is 5.88. The van der Waals surface area contributed by atoms with Crippen molar-refractivity contribution in [2.24, 2.45) is 0 Å². The van der Waals surface area contributed by atoms with Crippen LogP contribution in [0.3, 0.4) is 0 Å². The molecule has 0 saturated carbocycles. The maximum atomic E-state index is 12.6. The largest absolute Gasteiger partial charge is 0.481 e. The van der Waals surface area contributed by atoms with Gasteiger partial charge in [-0.3, -0.25) is 18.6 Å². The molecule has 0 aliphatic carbocycles. The van der Waals surface area contributed by atoms with Crippen molar-refractivity contribution >= 4 is 11.6 Å². The van der Waals surface area contributed by atoms with E-state index < -0.39 is 5.97 Å². The van der Waals surface area contributed by atoms with Crippen molar-refractivity contribution in [2.75, 3.05) is 0 Å². The van der Waals surface area contributed by atoms with E-state index in [0.29, 0.717) is 5.82 Å². The summed E-state index contributed by atoms with van der Waals surface area (Å²) >= 11 is 0. The quantitative estimate of drug-likeness (QED) is 0.789. The molecule has 0 amide bonds. The van der Waals surface area contributed by atoms with Crippen LogP contribution in [-0.4, -0.2) is 30.2 Å². The first-order chi connectivity index (χ1) is 11.0. The van der Waals surface area contributed by atoms with E-state index in [1.54, 1.807) is 16.8 Å². The lowest BCUT2D eigenvalue weighted by atomic mass is 10.1. The zero-order chi connectivity index (χ0) is 16.6. The van der Waals surface area contributed by atoms with Crippen LogP contribution in [0.5, 0.6) is 0 Å². The maximum absolute atomic E-state index is 12.6. The van der Waals surface area contributed by atoms with E-state index in [0.717, 1.165) is 16.8 Å². The van der Waals surface area contributed by atoms with E-state index in [4.69, 9.17) is 5.11 Å². The Hall–Kier alpha value is -2.96. The lowest BCUT2D eigenvalue weighted by Crippen LogP contribution is -2.20. The molecule has 3 rings (SSSR count). The van der Waals surface area contributed by atoms with Gasteiger partial charge in [0, 0.05) is 24.5 Å². The standard InChI is InChI=1S/C16H16N4O3/c1-10-7-11(2)9-12(8-10)19-5-6-20-13(3-4-14(21)22)17-18-15(20)16(19)23/h5-9H,3-4H2,1-2H3,(H,21,22). The first-order valence-corrected chi connectivity index (χ1v) is 7.21. The summed E-state index contributed by atoms with van der Waals surface area (Å²) in [5.74, 6) is -0.447. The van der Waals surface area contributed by atoms with Gasteiger partial charge in [0.25, 0.3) is 0 Å². The van der Waals surface area contributed by atoms with Gasteiger partial charge in [-0.05, 0) is 37.1 Å². The Morgan fingerprint density at radius 3 is 2.48 bits per heavy atom. The number of hydrogen-bond acceptors (Lipinski definition) is 4. The molecule has 7 heteroatoms. The Labute approximate surface area is 131 Å². The van der Waals surface area contributed by atoms with Crippen LogP contribution in [0.25, 0.3) is 11.3 Å². The highest BCUT2D eigenvalue weighted by Gasteiger charge is 2.12. The van der Waals surface area contributed by atoms with Gasteiger partial charge in [0.05, 0.1) is 6.42 Å². The van der Waals surface area contributed by atoms with Gasteiger partial charge in [0.1, 0.15) is 5.82 Å². The second-order valence-corrected chi connectivity index (χ2v) is 5.52. The van der Waals surface area contributed by atoms with Crippen molar-refractivity contribution in [3.63, 3.8) is 0 Å². The first-order valence-electron chi connectivity index (χ1n) is 7.21. The average molecular weight is 312 g/mol. The fourth-order valence-corrected chi connectivity index (χ4v) is 2.62. The normalized spacial score (nSPS) is 11.0. The Kier molecular flexibility index (Phi) is 3.69. The molecule has 7 nitrogen and oxygen atoms in total. The zero-order valence-electron chi connectivity index (χ0n) is 12.9. The molecule has 3 aromatic rings. The number of benzene rings is 1. The third-order valence-corrected chi connectivity index (χ3v) is 3.59. The van der Waals surface area contributed by atoms with Gasteiger partial charge >= 0.3 is 11.5 Å². The summed E-state index contributed by atoms with van der Waals surface area (Å²) in [6.07, 6.45) is 3.51. The molecule has 2 aromatic heterocycles. The van der Waals surface area contributed by atoms with Crippen LogP contribution in [0.1, 0.15) is 23.4 Å². The van der Waals surface area contributed by atoms with Crippen molar-refractivity contribution in [1.82, 2.24) is 19.2 Å². The predicted molar refractivity (Wildman–Crippen MR) is 84.0 cm³/mol. The van der Waals surface area contributed by atoms with Crippen molar-refractivity contribution in [3.8, 4) is 5.69 Å². The van der Waals surface area contributed by atoms with E-state index in [1.165, 1.54) is 4.57 Å². The summed E-state index contributed by atoms with van der Waals surface area (Å²) < 4.78 is 3.06. The SMILES string of the molecule is Cc1cc(C)cc(-n2ccn3c(CCC(=O)O)nnc3c2=O)c1. The number of rotatable bonds is 4. The van der Waals surface area contributed by atoms with Gasteiger partial charge < -0.3 is 5.11 Å². The minimum Gasteiger partial charge on any atom is -0.481 e. The summed E-state index contributed by atoms with van der Waals surface area (Å²) in [5, 5.41) is 16.6. The van der Waals surface area contributed by atoms with Gasteiger partial charge in [-0.2, -0.15) is 0 Å². The van der Waals surface area contributed by atoms with Gasteiger partial charge in [-0.15, -0.1) is 10.2 Å². The second-order valence-electron chi connectivity index (χ2n) is 5.52. The van der Waals surface area contributed by atoms with Crippen LogP contribution in [0.2, 0.25) is 0 Å². The van der Waals surface area contributed by atoms with Crippen molar-refractivity contribution in [2.45, 2.75) is 26.7 Å². The molecule has 0 unspecified atom stereocenters. The number of aromatic nitrogens is 4. The molecule has 0 aliphatic rings. The molecule has 0 saturated heterocycles. The van der Waals surface area contributed by atoms with E-state index in [9.17, 15) is 9.59 Å². The minimum atomic E-state index is -0.912. The molecule has 2 heterocycles. The van der Waals surface area contributed by atoms with Gasteiger partial charge in [0.15, 0.2) is 0 Å². The van der Waals surface area contributed by atoms with Crippen molar-refractivity contribution in [3.05, 3.63) is 57.9 Å². The lowest BCUT2D eigenvalue weighted by Gasteiger charge is -2.08. The Morgan fingerprint density at radius 1 is 1.13 bits per heavy atom. The molecular weight excluding hydrogens is 296 g/mol. The molecule has 23 heavy (non-hydrogen) atoms. The predicted octanol–water partition coefficient (Wildman–Crippen LogP) is 1.51. The Bertz CT molecular complexity index is 935. The minimum absolute atomic E-state index is 0.0546. The first kappa shape index (κ1) is 15.0. The van der Waals surface area contributed by atoms with Gasteiger partial charge in [0.2, 0.25) is 5.65 Å². The number of hydrogen-bond donors (Lipinski definition) is 1. The number of nitrogens with zero attached hydrogens (tertiary/aromatic N) is 4. The smallest absolute Gasteiger partial charge is 0.303 e. The zero-order valence-corrected chi connectivity index (χ0v) is 12.9. The molecule has 0 bridgehead atoms. The highest BCUT2D eigenvalue weighted by atomic mass is 16.4. The van der Waals surface area contributed by atoms with E-state index in [2.05, 4.69) is 10.2 Å². The van der Waals surface area contributed by atoms with Gasteiger partial charge in [-0.1, -0.05) is 6.07 Å². The lowest BCUT2D eigenvalue weighted by molar-refractivity contribution is -0.137. The van der Waals surface area contributed by atoms with Gasteiger partial charge in [-0.25, -0.2) is 0 Å². The highest BCUT2D eigenvalue weighted by molar-refractivity contribution is 5.66. The van der Waals surface area contributed by atoms with Crippen LogP contribution in [0.4, 0.5) is 0 Å². The number of carboxylic acids is 1. The van der Waals surface area contributed by atoms with Crippen molar-refractivity contribution in [1.29, 1.82) is 0 Å². The third-order valence-electron chi connectivity index (χ3n) is 3.59. The molecule has 1 aromatic carbocycles. The molecule has 0 spiro atoms. The summed E-state index contributed by atoms with van der Waals surface area (Å²) in [6.45, 7) is 3.95. The van der Waals surface area contributed by atoms with Crippen LogP contribution in [-0.2, 0) is 11.2 Å². The Balaban J connectivity index is 2.09. The molecule has 1 N–H and O–H groups in total. The summed E-state index contributed by atoms with van der Waals surface area (Å²) in [4.78, 5) is 23.3. The molecule has 0 atom stereocenters. The summed E-state index contributed by atoms with van der Waals surface area (Å²) in [5.41, 5.74) is 2.80. The number of carbonyl (C=O) groups is 1. The number of carboxylic acid groups (broad SMARTS) is 1. The van der Waals surface area contributed by atoms with Crippen LogP contribution in [0, 0.1) is 13.8 Å². The fourth-order valence-electron chi connectivity index (χ4n) is 2.62. The number of aliphatic carboxylic acids is 1. The number of aryl methyl sites for hydroxylation is 3. The van der Waals surface area contributed by atoms with Crippen LogP contribution >= 0.6 is 0 Å². The monoisotopic (exact) mass is 312 g/mol. The average Bonchev–Trinajstić information content (AvgIpc) is 2.88. The number of fused-ring (bicyclic) bond motifs is 1. The molecular formula is C16H16N4O3. The van der Waals surface area contributed by atoms with Crippen LogP contribution in [0.15, 0.2) is 35.4 Å². The Morgan fingerprint density at radius 2 is 1.83 bits per heavy atom. The van der Waals surface area contributed by atoms with Crippen molar-refractivity contribution < 1.29 is 9.90 Å². The molecule has 118 valence electrons. The van der Waals surface area contributed by atoms with E-state index in [-0.39, 0.29) is 24.0 Å². The van der Waals surface area contributed by atoms with Crippen LogP contribution < -0.4 is 5.56 Å². The van der Waals surface area contributed by atoms with E-state index in [1.807, 2.05) is 32.0 Å². The maximum Gasteiger partial charge on any atom is 0.303 e. The van der Waals surface area contributed by atoms with E-state index >= 15 is 0 Å². The third kappa shape index (κ3) is 2.85.